The third-order valence-electron chi connectivity index (χ3n) is 3.23. The quantitative estimate of drug-likeness (QED) is 0.744. The molecule has 0 saturated carbocycles. The molecule has 1 unspecified atom stereocenters. The lowest BCUT2D eigenvalue weighted by Crippen LogP contribution is -2.48. The van der Waals surface area contributed by atoms with Gasteiger partial charge in [0.25, 0.3) is 0 Å². The van der Waals surface area contributed by atoms with Crippen LogP contribution in [0.1, 0.15) is 26.7 Å². The van der Waals surface area contributed by atoms with E-state index in [9.17, 15) is 4.79 Å². The first-order valence-corrected chi connectivity index (χ1v) is 6.34. The Morgan fingerprint density at radius 1 is 1.44 bits per heavy atom. The number of amides is 1. The Bertz CT molecular complexity index is 214. The minimum absolute atomic E-state index is 0.271. The fourth-order valence-electron chi connectivity index (χ4n) is 2.12. The first-order valence-electron chi connectivity index (χ1n) is 6.34. The van der Waals surface area contributed by atoms with Gasteiger partial charge in [-0.25, -0.2) is 0 Å². The minimum atomic E-state index is 0.271. The predicted molar refractivity (Wildman–Crippen MR) is 66.4 cm³/mol. The lowest BCUT2D eigenvalue weighted by molar-refractivity contribution is -0.131. The highest BCUT2D eigenvalue weighted by Crippen LogP contribution is 2.07. The first-order chi connectivity index (χ1) is 7.65. The van der Waals surface area contributed by atoms with Crippen molar-refractivity contribution in [2.45, 2.75) is 32.7 Å². The van der Waals surface area contributed by atoms with E-state index in [0.717, 1.165) is 39.1 Å². The van der Waals surface area contributed by atoms with Crippen molar-refractivity contribution in [3.05, 3.63) is 0 Å². The molecule has 0 aromatic carbocycles. The zero-order valence-corrected chi connectivity index (χ0v) is 10.8. The molecule has 16 heavy (non-hydrogen) atoms. The van der Waals surface area contributed by atoms with Gasteiger partial charge in [0.2, 0.25) is 5.91 Å². The average Bonchev–Trinajstić information content (AvgIpc) is 2.30. The highest BCUT2D eigenvalue weighted by Gasteiger charge is 2.20. The third-order valence-corrected chi connectivity index (χ3v) is 3.23. The molecule has 0 spiro atoms. The van der Waals surface area contributed by atoms with Crippen LogP contribution in [0.2, 0.25) is 0 Å². The number of hydrogen-bond donors (Lipinski definition) is 1. The van der Waals surface area contributed by atoms with E-state index in [-0.39, 0.29) is 5.91 Å². The van der Waals surface area contributed by atoms with Gasteiger partial charge >= 0.3 is 0 Å². The van der Waals surface area contributed by atoms with Crippen LogP contribution in [-0.4, -0.2) is 61.5 Å². The van der Waals surface area contributed by atoms with Crippen LogP contribution in [0.3, 0.4) is 0 Å². The van der Waals surface area contributed by atoms with Gasteiger partial charge in [-0.2, -0.15) is 0 Å². The number of nitrogens with one attached hydrogen (secondary N) is 1. The van der Waals surface area contributed by atoms with E-state index in [4.69, 9.17) is 0 Å². The summed E-state index contributed by atoms with van der Waals surface area (Å²) in [4.78, 5) is 16.1. The molecule has 1 aliphatic heterocycles. The second-order valence-electron chi connectivity index (χ2n) is 4.65. The van der Waals surface area contributed by atoms with Gasteiger partial charge in [-0.1, -0.05) is 6.92 Å². The van der Waals surface area contributed by atoms with Gasteiger partial charge in [0.1, 0.15) is 0 Å². The maximum atomic E-state index is 11.9. The maximum Gasteiger partial charge on any atom is 0.223 e. The van der Waals surface area contributed by atoms with Crippen molar-refractivity contribution >= 4 is 5.91 Å². The summed E-state index contributed by atoms with van der Waals surface area (Å²) in [6, 6.07) is 0.369. The molecule has 1 saturated heterocycles. The predicted octanol–water partition coefficient (Wildman–Crippen LogP) is 0.539. The molecule has 0 aromatic rings. The average molecular weight is 227 g/mol. The highest BCUT2D eigenvalue weighted by atomic mass is 16.2. The summed E-state index contributed by atoms with van der Waals surface area (Å²) >= 11 is 0. The highest BCUT2D eigenvalue weighted by molar-refractivity contribution is 5.76. The summed E-state index contributed by atoms with van der Waals surface area (Å²) in [7, 11) is 1.90. The number of nitrogens with zero attached hydrogens (tertiary/aromatic N) is 2. The van der Waals surface area contributed by atoms with Crippen LogP contribution in [-0.2, 0) is 4.79 Å². The van der Waals surface area contributed by atoms with Crippen molar-refractivity contribution in [3.8, 4) is 0 Å². The molecule has 1 N–H and O–H groups in total. The van der Waals surface area contributed by atoms with Gasteiger partial charge in [-0.3, -0.25) is 9.69 Å². The van der Waals surface area contributed by atoms with Crippen LogP contribution in [0, 0.1) is 0 Å². The minimum Gasteiger partial charge on any atom is -0.346 e. The lowest BCUT2D eigenvalue weighted by atomic mass is 10.1. The van der Waals surface area contributed by atoms with Crippen molar-refractivity contribution in [2.75, 3.05) is 39.8 Å². The summed E-state index contributed by atoms with van der Waals surface area (Å²) in [5, 5.41) is 3.33. The molecule has 4 nitrogen and oxygen atoms in total. The zero-order valence-electron chi connectivity index (χ0n) is 10.8. The van der Waals surface area contributed by atoms with Gasteiger partial charge < -0.3 is 10.2 Å². The molecular formula is C12H25N3O. The first kappa shape index (κ1) is 13.5. The Hall–Kier alpha value is -0.610. The molecule has 1 heterocycles. The van der Waals surface area contributed by atoms with Crippen LogP contribution in [0.25, 0.3) is 0 Å². The van der Waals surface area contributed by atoms with Gasteiger partial charge in [0, 0.05) is 52.2 Å². The SMILES string of the molecule is CCCN(C)C(=O)CC(C)N1CCNCC1. The van der Waals surface area contributed by atoms with Crippen molar-refractivity contribution in [1.29, 1.82) is 0 Å². The van der Waals surface area contributed by atoms with E-state index in [0.29, 0.717) is 12.5 Å². The Balaban J connectivity index is 2.31. The standard InChI is InChI=1S/C12H25N3O/c1-4-7-14(3)12(16)10-11(2)15-8-5-13-6-9-15/h11,13H,4-10H2,1-3H3. The smallest absolute Gasteiger partial charge is 0.223 e. The van der Waals surface area contributed by atoms with Crippen molar-refractivity contribution in [1.82, 2.24) is 15.1 Å². The van der Waals surface area contributed by atoms with Gasteiger partial charge in [0.05, 0.1) is 0 Å². The van der Waals surface area contributed by atoms with E-state index in [1.807, 2.05) is 11.9 Å². The Labute approximate surface area is 99.0 Å². The topological polar surface area (TPSA) is 35.6 Å². The summed E-state index contributed by atoms with van der Waals surface area (Å²) in [6.07, 6.45) is 1.68. The second-order valence-corrected chi connectivity index (χ2v) is 4.65. The molecule has 1 amide bonds. The number of piperazine rings is 1. The monoisotopic (exact) mass is 227 g/mol. The van der Waals surface area contributed by atoms with Crippen LogP contribution < -0.4 is 5.32 Å². The molecule has 0 aromatic heterocycles. The summed E-state index contributed by atoms with van der Waals surface area (Å²) in [5.41, 5.74) is 0. The number of carbonyl (C=O) groups is 1. The maximum absolute atomic E-state index is 11.9. The van der Waals surface area contributed by atoms with Gasteiger partial charge in [-0.05, 0) is 13.3 Å². The Kier molecular flexibility index (Phi) is 5.77. The molecule has 0 aliphatic carbocycles. The molecule has 1 rings (SSSR count). The normalized spacial score (nSPS) is 19.4. The molecule has 1 fully saturated rings. The number of hydrogen-bond acceptors (Lipinski definition) is 3. The van der Waals surface area contributed by atoms with E-state index in [1.54, 1.807) is 0 Å². The molecule has 94 valence electrons. The summed E-state index contributed by atoms with van der Waals surface area (Å²) < 4.78 is 0. The van der Waals surface area contributed by atoms with E-state index in [2.05, 4.69) is 24.1 Å². The second kappa shape index (κ2) is 6.86. The van der Waals surface area contributed by atoms with Crippen molar-refractivity contribution < 1.29 is 4.79 Å². The number of carbonyl (C=O) groups excluding carboxylic acids is 1. The largest absolute Gasteiger partial charge is 0.346 e. The third kappa shape index (κ3) is 4.10. The summed E-state index contributed by atoms with van der Waals surface area (Å²) in [6.45, 7) is 9.34. The van der Waals surface area contributed by atoms with Gasteiger partial charge in [0.15, 0.2) is 0 Å². The fraction of sp³-hybridized carbons (Fsp3) is 0.917. The number of rotatable bonds is 5. The fourth-order valence-corrected chi connectivity index (χ4v) is 2.12. The van der Waals surface area contributed by atoms with Crippen LogP contribution in [0.15, 0.2) is 0 Å². The molecular weight excluding hydrogens is 202 g/mol. The van der Waals surface area contributed by atoms with Crippen LogP contribution >= 0.6 is 0 Å². The lowest BCUT2D eigenvalue weighted by Gasteiger charge is -2.33. The van der Waals surface area contributed by atoms with Crippen molar-refractivity contribution in [2.24, 2.45) is 0 Å². The van der Waals surface area contributed by atoms with E-state index < -0.39 is 0 Å². The van der Waals surface area contributed by atoms with Crippen LogP contribution in [0.5, 0.6) is 0 Å². The molecule has 0 bridgehead atoms. The zero-order chi connectivity index (χ0) is 12.0. The van der Waals surface area contributed by atoms with Crippen molar-refractivity contribution in [3.63, 3.8) is 0 Å². The Morgan fingerprint density at radius 2 is 2.06 bits per heavy atom. The summed E-state index contributed by atoms with van der Waals surface area (Å²) in [5.74, 6) is 0.271. The van der Waals surface area contributed by atoms with E-state index in [1.165, 1.54) is 0 Å². The molecule has 1 atom stereocenters. The van der Waals surface area contributed by atoms with E-state index >= 15 is 0 Å². The Morgan fingerprint density at radius 3 is 2.62 bits per heavy atom. The molecule has 0 radical (unpaired) electrons. The van der Waals surface area contributed by atoms with Gasteiger partial charge in [-0.15, -0.1) is 0 Å². The molecule has 4 heteroatoms. The molecule has 1 aliphatic rings. The van der Waals surface area contributed by atoms with Crippen LogP contribution in [0.4, 0.5) is 0 Å².